The summed E-state index contributed by atoms with van der Waals surface area (Å²) in [4.78, 5) is 0. The molecule has 0 amide bonds. The van der Waals surface area contributed by atoms with Gasteiger partial charge in [-0.2, -0.15) is 5.26 Å². The highest BCUT2D eigenvalue weighted by Crippen LogP contribution is 2.22. The summed E-state index contributed by atoms with van der Waals surface area (Å²) in [6.45, 7) is 2.15. The summed E-state index contributed by atoms with van der Waals surface area (Å²) in [6.07, 6.45) is 1.28. The molecular weight excluding hydrogens is 336 g/mol. The monoisotopic (exact) mass is 360 g/mol. The van der Waals surface area contributed by atoms with Gasteiger partial charge in [-0.15, -0.1) is 0 Å². The van der Waals surface area contributed by atoms with Crippen molar-refractivity contribution in [1.29, 1.82) is 5.26 Å². The van der Waals surface area contributed by atoms with Crippen molar-refractivity contribution in [3.8, 4) is 17.6 Å². The van der Waals surface area contributed by atoms with Gasteiger partial charge >= 0.3 is 0 Å². The largest absolute Gasteiger partial charge is 0.497 e. The molecule has 0 saturated heterocycles. The van der Waals surface area contributed by atoms with E-state index in [4.69, 9.17) is 14.7 Å². The normalized spacial score (nSPS) is 10.5. The number of ether oxygens (including phenoxy) is 2. The molecular formula is C23H24N2O2. The van der Waals surface area contributed by atoms with Gasteiger partial charge in [0.1, 0.15) is 11.5 Å². The van der Waals surface area contributed by atoms with Crippen LogP contribution in [-0.2, 0) is 13.1 Å². The van der Waals surface area contributed by atoms with E-state index >= 15 is 0 Å². The predicted octanol–water partition coefficient (Wildman–Crippen LogP) is 4.82. The van der Waals surface area contributed by atoms with Gasteiger partial charge in [0.15, 0.2) is 0 Å². The van der Waals surface area contributed by atoms with Crippen molar-refractivity contribution >= 4 is 10.8 Å². The molecule has 0 spiro atoms. The number of nitrogens with zero attached hydrogens (tertiary/aromatic N) is 1. The molecule has 0 radical (unpaired) electrons. The minimum absolute atomic E-state index is 0.528. The lowest BCUT2D eigenvalue weighted by atomic mass is 10.1. The maximum absolute atomic E-state index is 8.56. The SMILES string of the molecule is COc1ccc2cc(CNCc3cccc(OCCCC#N)c3)ccc2c1. The number of methoxy groups -OCH3 is 1. The Bertz CT molecular complexity index is 931. The van der Waals surface area contributed by atoms with Gasteiger partial charge in [-0.1, -0.05) is 30.3 Å². The Hall–Kier alpha value is -3.03. The Morgan fingerprint density at radius 2 is 1.67 bits per heavy atom. The Morgan fingerprint density at radius 3 is 2.48 bits per heavy atom. The van der Waals surface area contributed by atoms with Gasteiger partial charge in [0.2, 0.25) is 0 Å². The maximum atomic E-state index is 8.56. The molecule has 0 aliphatic rings. The number of nitrogens with one attached hydrogen (secondary N) is 1. The molecule has 27 heavy (non-hydrogen) atoms. The smallest absolute Gasteiger partial charge is 0.119 e. The highest BCUT2D eigenvalue weighted by atomic mass is 16.5. The Labute approximate surface area is 160 Å². The lowest BCUT2D eigenvalue weighted by Crippen LogP contribution is -2.12. The number of benzene rings is 3. The summed E-state index contributed by atoms with van der Waals surface area (Å²) >= 11 is 0. The number of fused-ring (bicyclic) bond motifs is 1. The van der Waals surface area contributed by atoms with Crippen LogP contribution in [0.4, 0.5) is 0 Å². The summed E-state index contributed by atoms with van der Waals surface area (Å²) < 4.78 is 11.0. The van der Waals surface area contributed by atoms with Crippen LogP contribution in [0.25, 0.3) is 10.8 Å². The van der Waals surface area contributed by atoms with E-state index in [1.807, 2.05) is 24.3 Å². The second kappa shape index (κ2) is 9.61. The minimum atomic E-state index is 0.528. The second-order valence-electron chi connectivity index (χ2n) is 6.41. The van der Waals surface area contributed by atoms with E-state index in [1.54, 1.807) is 7.11 Å². The zero-order valence-electron chi connectivity index (χ0n) is 15.6. The number of unbranched alkanes of at least 4 members (excludes halogenated alkanes) is 1. The van der Waals surface area contributed by atoms with E-state index in [2.05, 4.69) is 47.8 Å². The van der Waals surface area contributed by atoms with Crippen LogP contribution in [0.2, 0.25) is 0 Å². The third-order valence-electron chi connectivity index (χ3n) is 4.37. The van der Waals surface area contributed by atoms with Crippen molar-refractivity contribution < 1.29 is 9.47 Å². The number of rotatable bonds is 9. The molecule has 138 valence electrons. The van der Waals surface area contributed by atoms with Crippen LogP contribution in [0.3, 0.4) is 0 Å². The highest BCUT2D eigenvalue weighted by molar-refractivity contribution is 5.84. The minimum Gasteiger partial charge on any atom is -0.497 e. The van der Waals surface area contributed by atoms with Gasteiger partial charge in [0.05, 0.1) is 19.8 Å². The molecule has 0 fully saturated rings. The molecule has 1 N–H and O–H groups in total. The number of nitriles is 1. The summed E-state index contributed by atoms with van der Waals surface area (Å²) in [5.41, 5.74) is 2.43. The molecule has 0 saturated carbocycles. The fourth-order valence-electron chi connectivity index (χ4n) is 2.95. The maximum Gasteiger partial charge on any atom is 0.119 e. The molecule has 4 heteroatoms. The van der Waals surface area contributed by atoms with E-state index in [9.17, 15) is 0 Å². The Morgan fingerprint density at radius 1 is 0.889 bits per heavy atom. The third-order valence-corrected chi connectivity index (χ3v) is 4.37. The van der Waals surface area contributed by atoms with Gasteiger partial charge in [-0.25, -0.2) is 0 Å². The number of hydrogen-bond acceptors (Lipinski definition) is 4. The zero-order valence-corrected chi connectivity index (χ0v) is 15.6. The van der Waals surface area contributed by atoms with Crippen LogP contribution in [0.15, 0.2) is 60.7 Å². The zero-order chi connectivity index (χ0) is 18.9. The van der Waals surface area contributed by atoms with Crippen LogP contribution in [0.1, 0.15) is 24.0 Å². The van der Waals surface area contributed by atoms with Crippen LogP contribution in [0, 0.1) is 11.3 Å². The highest BCUT2D eigenvalue weighted by Gasteiger charge is 2.01. The lowest BCUT2D eigenvalue weighted by Gasteiger charge is -2.09. The van der Waals surface area contributed by atoms with E-state index in [0.29, 0.717) is 13.0 Å². The van der Waals surface area contributed by atoms with Crippen molar-refractivity contribution in [1.82, 2.24) is 5.32 Å². The quantitative estimate of drug-likeness (QED) is 0.556. The fourth-order valence-corrected chi connectivity index (χ4v) is 2.95. The fraction of sp³-hybridized carbons (Fsp3) is 0.261. The van der Waals surface area contributed by atoms with Gasteiger partial charge in [-0.05, 0) is 58.7 Å². The molecule has 0 atom stereocenters. The average Bonchev–Trinajstić information content (AvgIpc) is 2.71. The molecule has 0 bridgehead atoms. The molecule has 0 aliphatic carbocycles. The molecule has 3 aromatic carbocycles. The second-order valence-corrected chi connectivity index (χ2v) is 6.41. The first-order valence-corrected chi connectivity index (χ1v) is 9.14. The number of hydrogen-bond donors (Lipinski definition) is 1. The van der Waals surface area contributed by atoms with Crippen LogP contribution in [-0.4, -0.2) is 13.7 Å². The molecule has 0 unspecified atom stereocenters. The van der Waals surface area contributed by atoms with E-state index in [1.165, 1.54) is 21.9 Å². The molecule has 0 aliphatic heterocycles. The predicted molar refractivity (Wildman–Crippen MR) is 108 cm³/mol. The summed E-state index contributed by atoms with van der Waals surface area (Å²) in [6, 6.07) is 22.8. The summed E-state index contributed by atoms with van der Waals surface area (Å²) in [7, 11) is 1.69. The van der Waals surface area contributed by atoms with Gasteiger partial charge in [0, 0.05) is 19.5 Å². The van der Waals surface area contributed by atoms with Gasteiger partial charge in [0.25, 0.3) is 0 Å². The van der Waals surface area contributed by atoms with E-state index < -0.39 is 0 Å². The Balaban J connectivity index is 1.53. The van der Waals surface area contributed by atoms with Crippen molar-refractivity contribution in [3.05, 3.63) is 71.8 Å². The standard InChI is InChI=1S/C23H24N2O2/c1-26-22-10-9-20-13-19(7-8-21(20)15-22)17-25-16-18-5-4-6-23(14-18)27-12-3-2-11-24/h4-10,13-15,25H,2-3,12,16-17H2,1H3. The van der Waals surface area contributed by atoms with Crippen molar-refractivity contribution in [2.45, 2.75) is 25.9 Å². The van der Waals surface area contributed by atoms with E-state index in [0.717, 1.165) is 31.0 Å². The average molecular weight is 360 g/mol. The van der Waals surface area contributed by atoms with E-state index in [-0.39, 0.29) is 0 Å². The molecule has 3 aromatic rings. The van der Waals surface area contributed by atoms with Crippen LogP contribution in [0.5, 0.6) is 11.5 Å². The first kappa shape index (κ1) is 18.8. The first-order chi connectivity index (χ1) is 13.3. The Kier molecular flexibility index (Phi) is 6.67. The van der Waals surface area contributed by atoms with Gasteiger partial charge in [-0.3, -0.25) is 0 Å². The topological polar surface area (TPSA) is 54.3 Å². The summed E-state index contributed by atoms with van der Waals surface area (Å²) in [5.74, 6) is 1.73. The van der Waals surface area contributed by atoms with Crippen LogP contribution >= 0.6 is 0 Å². The molecule has 0 aromatic heterocycles. The third kappa shape index (κ3) is 5.47. The molecule has 4 nitrogen and oxygen atoms in total. The molecule has 3 rings (SSSR count). The van der Waals surface area contributed by atoms with Gasteiger partial charge < -0.3 is 14.8 Å². The van der Waals surface area contributed by atoms with Crippen molar-refractivity contribution in [3.63, 3.8) is 0 Å². The first-order valence-electron chi connectivity index (χ1n) is 9.14. The van der Waals surface area contributed by atoms with Crippen molar-refractivity contribution in [2.24, 2.45) is 0 Å². The lowest BCUT2D eigenvalue weighted by molar-refractivity contribution is 0.312. The van der Waals surface area contributed by atoms with Crippen molar-refractivity contribution in [2.75, 3.05) is 13.7 Å². The molecule has 0 heterocycles. The summed E-state index contributed by atoms with van der Waals surface area (Å²) in [5, 5.41) is 14.4. The van der Waals surface area contributed by atoms with Crippen LogP contribution < -0.4 is 14.8 Å².